The lowest BCUT2D eigenvalue weighted by molar-refractivity contribution is 1.10. The highest BCUT2D eigenvalue weighted by Crippen LogP contribution is 1.82. The number of nitrogens with zero attached hydrogens (tertiary/aromatic N) is 2. The molecule has 3 heteroatoms. The number of aromatic nitrogens is 2. The lowest BCUT2D eigenvalue weighted by Crippen LogP contribution is -1.77. The van der Waals surface area contributed by atoms with Crippen LogP contribution in [0.1, 0.15) is 5.69 Å². The Morgan fingerprint density at radius 1 is 1.50 bits per heavy atom. The predicted molar refractivity (Wildman–Crippen MR) is 37.9 cm³/mol. The van der Waals surface area contributed by atoms with Gasteiger partial charge >= 0.3 is 0 Å². The van der Waals surface area contributed by atoms with Gasteiger partial charge in [0, 0.05) is 11.9 Å². The third kappa shape index (κ3) is 1.99. The maximum absolute atomic E-state index is 3.87. The van der Waals surface area contributed by atoms with Crippen molar-refractivity contribution in [1.82, 2.24) is 9.97 Å². The van der Waals surface area contributed by atoms with E-state index in [-0.39, 0.29) is 9.90 Å². The van der Waals surface area contributed by atoms with Crippen LogP contribution in [0.4, 0.5) is 0 Å². The van der Waals surface area contributed by atoms with Gasteiger partial charge in [0.2, 0.25) is 0 Å². The van der Waals surface area contributed by atoms with Gasteiger partial charge in [0.25, 0.3) is 0 Å². The van der Waals surface area contributed by atoms with Crippen molar-refractivity contribution >= 4 is 9.90 Å². The first-order valence-corrected chi connectivity index (χ1v) is 2.12. The zero-order valence-corrected chi connectivity index (χ0v) is 6.25. The summed E-state index contributed by atoms with van der Waals surface area (Å²) < 4.78 is 0. The van der Waals surface area contributed by atoms with Crippen LogP contribution in [0.3, 0.4) is 0 Å². The molecule has 0 bridgehead atoms. The van der Waals surface area contributed by atoms with E-state index in [9.17, 15) is 0 Å². The van der Waals surface area contributed by atoms with E-state index >= 15 is 0 Å². The molecular weight excluding hydrogens is 119 g/mol. The average Bonchev–Trinajstić information content (AvgIpc) is 1.69. The first-order valence-electron chi connectivity index (χ1n) is 2.12. The molecule has 1 atom stereocenters. The summed E-state index contributed by atoms with van der Waals surface area (Å²) in [4.78, 5) is 7.60. The Balaban J connectivity index is 0.000000490. The third-order valence-electron chi connectivity index (χ3n) is 0.730. The minimum absolute atomic E-state index is 0. The van der Waals surface area contributed by atoms with Crippen molar-refractivity contribution < 1.29 is 0 Å². The number of rotatable bonds is 0. The minimum atomic E-state index is 0. The molecule has 0 aromatic carbocycles. The van der Waals surface area contributed by atoms with Crippen LogP contribution in [-0.4, -0.2) is 9.97 Å². The van der Waals surface area contributed by atoms with E-state index < -0.39 is 0 Å². The zero-order chi connectivity index (χ0) is 5.11. The predicted octanol–water partition coefficient (Wildman–Crippen LogP) is 0.843. The zero-order valence-electron chi connectivity index (χ0n) is 4.83. The second-order valence-corrected chi connectivity index (χ2v) is 1.35. The van der Waals surface area contributed by atoms with E-state index in [2.05, 4.69) is 9.97 Å². The Bertz CT molecular complexity index is 140. The van der Waals surface area contributed by atoms with Gasteiger partial charge < -0.3 is 0 Å². The molecule has 0 spiro atoms. The van der Waals surface area contributed by atoms with Crippen LogP contribution in [0.15, 0.2) is 18.6 Å². The molecule has 0 saturated carbocycles. The van der Waals surface area contributed by atoms with E-state index in [4.69, 9.17) is 0 Å². The molecule has 0 saturated heterocycles. The highest BCUT2D eigenvalue weighted by Gasteiger charge is 1.74. The minimum Gasteiger partial charge on any atom is -0.245 e. The second kappa shape index (κ2) is 3.50. The standard InChI is InChI=1S/C5H6N2.H3P/c1-5-2-3-6-4-7-5;/h2-4H,1H3;1H3. The van der Waals surface area contributed by atoms with Gasteiger partial charge in [-0.05, 0) is 13.0 Å². The molecular formula is C5H9N2P. The fourth-order valence-corrected chi connectivity index (χ4v) is 0.357. The summed E-state index contributed by atoms with van der Waals surface area (Å²) >= 11 is 0. The molecule has 1 rings (SSSR count). The molecule has 0 aliphatic rings. The average molecular weight is 128 g/mol. The lowest BCUT2D eigenvalue weighted by atomic mass is 10.5. The quantitative estimate of drug-likeness (QED) is 0.484. The Labute approximate surface area is 52.0 Å². The topological polar surface area (TPSA) is 25.8 Å². The molecule has 44 valence electrons. The lowest BCUT2D eigenvalue weighted by Gasteiger charge is -1.81. The fraction of sp³-hybridized carbons (Fsp3) is 0.200. The molecule has 1 unspecified atom stereocenters. The second-order valence-electron chi connectivity index (χ2n) is 1.35. The monoisotopic (exact) mass is 128 g/mol. The van der Waals surface area contributed by atoms with Gasteiger partial charge in [0.1, 0.15) is 6.33 Å². The molecule has 0 aliphatic heterocycles. The summed E-state index contributed by atoms with van der Waals surface area (Å²) in [6.45, 7) is 1.93. The Hall–Kier alpha value is -0.490. The van der Waals surface area contributed by atoms with Crippen molar-refractivity contribution in [1.29, 1.82) is 0 Å². The van der Waals surface area contributed by atoms with E-state index in [1.54, 1.807) is 6.20 Å². The van der Waals surface area contributed by atoms with E-state index in [1.165, 1.54) is 6.33 Å². The largest absolute Gasteiger partial charge is 0.245 e. The van der Waals surface area contributed by atoms with Crippen molar-refractivity contribution in [2.24, 2.45) is 0 Å². The van der Waals surface area contributed by atoms with Crippen molar-refractivity contribution in [2.75, 3.05) is 0 Å². The summed E-state index contributed by atoms with van der Waals surface area (Å²) in [5, 5.41) is 0. The summed E-state index contributed by atoms with van der Waals surface area (Å²) in [5.41, 5.74) is 1.01. The van der Waals surface area contributed by atoms with Gasteiger partial charge in [-0.3, -0.25) is 0 Å². The van der Waals surface area contributed by atoms with Gasteiger partial charge in [-0.25, -0.2) is 9.97 Å². The molecule has 1 aromatic rings. The summed E-state index contributed by atoms with van der Waals surface area (Å²) in [5.74, 6) is 0. The molecule has 0 amide bonds. The Kier molecular flexibility index (Phi) is 3.29. The van der Waals surface area contributed by atoms with Gasteiger partial charge in [-0.1, -0.05) is 0 Å². The van der Waals surface area contributed by atoms with Gasteiger partial charge in [0.05, 0.1) is 0 Å². The maximum atomic E-state index is 3.87. The molecule has 1 aromatic heterocycles. The van der Waals surface area contributed by atoms with E-state index in [0.717, 1.165) is 5.69 Å². The van der Waals surface area contributed by atoms with Crippen molar-refractivity contribution in [3.05, 3.63) is 24.3 Å². The molecule has 0 radical (unpaired) electrons. The van der Waals surface area contributed by atoms with Crippen molar-refractivity contribution in [3.8, 4) is 0 Å². The molecule has 8 heavy (non-hydrogen) atoms. The van der Waals surface area contributed by atoms with Crippen LogP contribution in [0, 0.1) is 6.92 Å². The van der Waals surface area contributed by atoms with Crippen LogP contribution >= 0.6 is 9.90 Å². The first-order chi connectivity index (χ1) is 3.39. The smallest absolute Gasteiger partial charge is 0.115 e. The number of aryl methyl sites for hydroxylation is 1. The van der Waals surface area contributed by atoms with Crippen LogP contribution < -0.4 is 0 Å². The van der Waals surface area contributed by atoms with Crippen LogP contribution in [0.25, 0.3) is 0 Å². The van der Waals surface area contributed by atoms with Crippen LogP contribution in [0.5, 0.6) is 0 Å². The van der Waals surface area contributed by atoms with Crippen molar-refractivity contribution in [3.63, 3.8) is 0 Å². The Morgan fingerprint density at radius 2 is 2.25 bits per heavy atom. The highest BCUT2D eigenvalue weighted by atomic mass is 31.0. The van der Waals surface area contributed by atoms with Crippen LogP contribution in [-0.2, 0) is 0 Å². The van der Waals surface area contributed by atoms with Crippen LogP contribution in [0.2, 0.25) is 0 Å². The highest BCUT2D eigenvalue weighted by molar-refractivity contribution is 6.92. The fourth-order valence-electron chi connectivity index (χ4n) is 0.357. The van der Waals surface area contributed by atoms with E-state index in [0.29, 0.717) is 0 Å². The summed E-state index contributed by atoms with van der Waals surface area (Å²) in [7, 11) is 0. The molecule has 2 nitrogen and oxygen atoms in total. The SMILES string of the molecule is Cc1ccncn1.P. The molecule has 0 fully saturated rings. The normalized spacial score (nSPS) is 7.62. The van der Waals surface area contributed by atoms with Gasteiger partial charge in [-0.15, -0.1) is 0 Å². The van der Waals surface area contributed by atoms with Gasteiger partial charge in [0.15, 0.2) is 0 Å². The molecule has 1 heterocycles. The van der Waals surface area contributed by atoms with Gasteiger partial charge in [-0.2, -0.15) is 9.90 Å². The third-order valence-corrected chi connectivity index (χ3v) is 0.730. The summed E-state index contributed by atoms with van der Waals surface area (Å²) in [6.07, 6.45) is 3.26. The van der Waals surface area contributed by atoms with Crippen molar-refractivity contribution in [2.45, 2.75) is 6.92 Å². The maximum Gasteiger partial charge on any atom is 0.115 e. The number of hydrogen-bond donors (Lipinski definition) is 0. The molecule has 0 aliphatic carbocycles. The van der Waals surface area contributed by atoms with E-state index in [1.807, 2.05) is 13.0 Å². The Morgan fingerprint density at radius 3 is 2.50 bits per heavy atom. The first kappa shape index (κ1) is 7.51. The molecule has 0 N–H and O–H groups in total. The summed E-state index contributed by atoms with van der Waals surface area (Å²) in [6, 6.07) is 1.86. The number of hydrogen-bond acceptors (Lipinski definition) is 2.